The number of nitrogens with one attached hydrogen (secondary N) is 1. The lowest BCUT2D eigenvalue weighted by Gasteiger charge is -2.33. The minimum Gasteiger partial charge on any atom is -0.497 e. The van der Waals surface area contributed by atoms with Gasteiger partial charge in [-0.25, -0.2) is 4.98 Å². The van der Waals surface area contributed by atoms with Crippen molar-refractivity contribution in [2.24, 2.45) is 5.92 Å². The molecule has 1 N–H and O–H groups in total. The number of nitrogens with zero attached hydrogens (tertiary/aromatic N) is 4. The zero-order valence-electron chi connectivity index (χ0n) is 17.6. The number of hydrogen-bond acceptors (Lipinski definition) is 7. The summed E-state index contributed by atoms with van der Waals surface area (Å²) < 4.78 is 10.7. The molecule has 1 aliphatic heterocycles. The van der Waals surface area contributed by atoms with Crippen molar-refractivity contribution in [2.75, 3.05) is 25.1 Å². The second-order valence-electron chi connectivity index (χ2n) is 7.61. The second kappa shape index (κ2) is 8.69. The van der Waals surface area contributed by atoms with Gasteiger partial charge in [0, 0.05) is 19.6 Å². The Hall–Kier alpha value is -3.16. The van der Waals surface area contributed by atoms with Gasteiger partial charge in [-0.2, -0.15) is 4.98 Å². The van der Waals surface area contributed by atoms with E-state index in [1.807, 2.05) is 38.1 Å². The number of carbonyl (C=O) groups excluding carboxylic acids is 1. The maximum absolute atomic E-state index is 12.9. The number of aryl methyl sites for hydroxylation is 2. The van der Waals surface area contributed by atoms with Crippen molar-refractivity contribution in [2.45, 2.75) is 39.7 Å². The minimum absolute atomic E-state index is 0.0607. The van der Waals surface area contributed by atoms with Crippen molar-refractivity contribution in [1.29, 1.82) is 0 Å². The summed E-state index contributed by atoms with van der Waals surface area (Å²) >= 11 is 0. The first kappa shape index (κ1) is 20.1. The molecule has 30 heavy (non-hydrogen) atoms. The third-order valence-electron chi connectivity index (χ3n) is 5.53. The van der Waals surface area contributed by atoms with Gasteiger partial charge in [0.25, 0.3) is 5.71 Å². The number of ether oxygens (including phenoxy) is 1. The van der Waals surface area contributed by atoms with Crippen LogP contribution in [-0.4, -0.2) is 41.2 Å². The van der Waals surface area contributed by atoms with Gasteiger partial charge < -0.3 is 19.5 Å². The van der Waals surface area contributed by atoms with Gasteiger partial charge in [-0.05, 0) is 43.9 Å². The van der Waals surface area contributed by atoms with Crippen LogP contribution in [0.2, 0.25) is 0 Å². The fraction of sp³-hybridized carbons (Fsp3) is 0.455. The Balaban J connectivity index is 1.49. The third-order valence-corrected chi connectivity index (χ3v) is 5.53. The van der Waals surface area contributed by atoms with Crippen LogP contribution in [0.5, 0.6) is 5.75 Å². The van der Waals surface area contributed by atoms with Gasteiger partial charge >= 0.3 is 0 Å². The molecule has 3 heterocycles. The van der Waals surface area contributed by atoms with Crippen LogP contribution in [0.4, 0.5) is 5.82 Å². The lowest BCUT2D eigenvalue weighted by Crippen LogP contribution is -2.43. The lowest BCUT2D eigenvalue weighted by atomic mass is 9.96. The largest absolute Gasteiger partial charge is 0.497 e. The van der Waals surface area contributed by atoms with E-state index in [0.29, 0.717) is 24.6 Å². The third kappa shape index (κ3) is 4.08. The molecule has 2 aromatic heterocycles. The average Bonchev–Trinajstić information content (AvgIpc) is 3.20. The number of anilines is 1. The van der Waals surface area contributed by atoms with E-state index in [1.165, 1.54) is 0 Å². The van der Waals surface area contributed by atoms with Crippen LogP contribution in [-0.2, 0) is 17.8 Å². The predicted molar refractivity (Wildman–Crippen MR) is 113 cm³/mol. The Morgan fingerprint density at radius 1 is 1.37 bits per heavy atom. The number of rotatable bonds is 6. The molecular formula is C22H27N5O3. The van der Waals surface area contributed by atoms with Gasteiger partial charge in [-0.15, -0.1) is 0 Å². The maximum Gasteiger partial charge on any atom is 0.263 e. The smallest absolute Gasteiger partial charge is 0.263 e. The molecule has 1 saturated heterocycles. The van der Waals surface area contributed by atoms with Gasteiger partial charge in [0.05, 0.1) is 18.7 Å². The molecule has 0 radical (unpaired) electrons. The quantitative estimate of drug-likeness (QED) is 0.669. The van der Waals surface area contributed by atoms with Gasteiger partial charge in [0.2, 0.25) is 5.91 Å². The summed E-state index contributed by atoms with van der Waals surface area (Å²) in [6.45, 7) is 5.82. The van der Waals surface area contributed by atoms with Crippen LogP contribution in [0.3, 0.4) is 0 Å². The minimum atomic E-state index is -0.0976. The number of piperidine rings is 1. The highest BCUT2D eigenvalue weighted by Gasteiger charge is 2.29. The fourth-order valence-corrected chi connectivity index (χ4v) is 3.96. The van der Waals surface area contributed by atoms with E-state index >= 15 is 0 Å². The molecule has 1 fully saturated rings. The average molecular weight is 409 g/mol. The van der Waals surface area contributed by atoms with Crippen LogP contribution in [0.25, 0.3) is 11.1 Å². The van der Waals surface area contributed by atoms with Crippen molar-refractivity contribution in [3.05, 3.63) is 41.3 Å². The molecule has 1 atom stereocenters. The van der Waals surface area contributed by atoms with Crippen LogP contribution < -0.4 is 15.0 Å². The molecule has 158 valence electrons. The Morgan fingerprint density at radius 3 is 3.03 bits per heavy atom. The van der Waals surface area contributed by atoms with E-state index in [9.17, 15) is 4.79 Å². The number of hydrogen-bond donors (Lipinski definition) is 1. The van der Waals surface area contributed by atoms with E-state index in [-0.39, 0.29) is 11.8 Å². The zero-order chi connectivity index (χ0) is 21.1. The number of aromatic nitrogens is 3. The Kier molecular flexibility index (Phi) is 5.83. The molecule has 1 aliphatic rings. The molecule has 3 aromatic rings. The summed E-state index contributed by atoms with van der Waals surface area (Å²) in [7, 11) is 1.64. The van der Waals surface area contributed by atoms with Gasteiger partial charge in [0.1, 0.15) is 22.8 Å². The molecule has 0 saturated carbocycles. The van der Waals surface area contributed by atoms with Crippen molar-refractivity contribution in [3.63, 3.8) is 0 Å². The first-order valence-corrected chi connectivity index (χ1v) is 10.4. The molecule has 8 nitrogen and oxygen atoms in total. The molecule has 4 rings (SSSR count). The Bertz CT molecular complexity index is 1050. The van der Waals surface area contributed by atoms with Gasteiger partial charge in [0.15, 0.2) is 0 Å². The van der Waals surface area contributed by atoms with Crippen molar-refractivity contribution >= 4 is 22.8 Å². The number of benzene rings is 1. The summed E-state index contributed by atoms with van der Waals surface area (Å²) in [6, 6.07) is 7.74. The molecule has 8 heteroatoms. The van der Waals surface area contributed by atoms with E-state index in [0.717, 1.165) is 54.0 Å². The standard InChI is InChI=1S/C22H27N5O3/c1-4-18-19-20(24-14(2)25-22(19)30-26-18)27-10-6-8-16(13-27)21(28)23-12-15-7-5-9-17(11-15)29-3/h5,7,9,11,16H,4,6,8,10,12-13H2,1-3H3,(H,23,28)/t16-/m1/s1. The highest BCUT2D eigenvalue weighted by Crippen LogP contribution is 2.31. The summed E-state index contributed by atoms with van der Waals surface area (Å²) in [5.41, 5.74) is 2.38. The van der Waals surface area contributed by atoms with Crippen LogP contribution >= 0.6 is 0 Å². The van der Waals surface area contributed by atoms with E-state index in [1.54, 1.807) is 7.11 Å². The molecule has 1 amide bonds. The highest BCUT2D eigenvalue weighted by atomic mass is 16.5. The molecular weight excluding hydrogens is 382 g/mol. The maximum atomic E-state index is 12.9. The molecule has 0 unspecified atom stereocenters. The number of fused-ring (bicyclic) bond motifs is 1. The molecule has 0 aliphatic carbocycles. The van der Waals surface area contributed by atoms with Gasteiger partial charge in [-0.3, -0.25) is 4.79 Å². The zero-order valence-corrected chi connectivity index (χ0v) is 17.6. The summed E-state index contributed by atoms with van der Waals surface area (Å²) in [5, 5.41) is 8.08. The normalized spacial score (nSPS) is 16.6. The monoisotopic (exact) mass is 409 g/mol. The summed E-state index contributed by atoms with van der Waals surface area (Å²) in [6.07, 6.45) is 2.52. The van der Waals surface area contributed by atoms with Crippen LogP contribution in [0.1, 0.15) is 36.8 Å². The Morgan fingerprint density at radius 2 is 2.23 bits per heavy atom. The predicted octanol–water partition coefficient (Wildman–Crippen LogP) is 3.03. The van der Waals surface area contributed by atoms with Crippen molar-refractivity contribution in [1.82, 2.24) is 20.4 Å². The Labute approximate surface area is 175 Å². The van der Waals surface area contributed by atoms with Crippen molar-refractivity contribution in [3.8, 4) is 5.75 Å². The molecule has 1 aromatic carbocycles. The number of carbonyl (C=O) groups is 1. The van der Waals surface area contributed by atoms with E-state index in [4.69, 9.17) is 9.26 Å². The SMILES string of the molecule is CCc1noc2nc(C)nc(N3CCC[C@@H](C(=O)NCc4cccc(OC)c4)C3)c12. The van der Waals surface area contributed by atoms with Gasteiger partial charge in [-0.1, -0.05) is 24.2 Å². The first-order valence-electron chi connectivity index (χ1n) is 10.4. The topological polar surface area (TPSA) is 93.4 Å². The number of methoxy groups -OCH3 is 1. The van der Waals surface area contributed by atoms with E-state index in [2.05, 4.69) is 25.3 Å². The van der Waals surface area contributed by atoms with Crippen LogP contribution in [0.15, 0.2) is 28.8 Å². The van der Waals surface area contributed by atoms with Crippen LogP contribution in [0, 0.1) is 12.8 Å². The van der Waals surface area contributed by atoms with Crippen molar-refractivity contribution < 1.29 is 14.1 Å². The highest BCUT2D eigenvalue weighted by molar-refractivity contribution is 5.89. The second-order valence-corrected chi connectivity index (χ2v) is 7.61. The summed E-state index contributed by atoms with van der Waals surface area (Å²) in [5.74, 6) is 2.21. The molecule has 0 spiro atoms. The number of amides is 1. The summed E-state index contributed by atoms with van der Waals surface area (Å²) in [4.78, 5) is 24.1. The fourth-order valence-electron chi connectivity index (χ4n) is 3.96. The van der Waals surface area contributed by atoms with E-state index < -0.39 is 0 Å². The molecule has 0 bridgehead atoms. The lowest BCUT2D eigenvalue weighted by molar-refractivity contribution is -0.125. The first-order chi connectivity index (χ1) is 14.6.